The van der Waals surface area contributed by atoms with Crippen LogP contribution in [0.15, 0.2) is 24.3 Å². The van der Waals surface area contributed by atoms with Crippen molar-refractivity contribution in [1.82, 2.24) is 14.7 Å². The van der Waals surface area contributed by atoms with Gasteiger partial charge in [-0.05, 0) is 44.0 Å². The summed E-state index contributed by atoms with van der Waals surface area (Å²) >= 11 is 0. The molecule has 1 aromatic carbocycles. The molecule has 2 saturated heterocycles. The number of piperazine rings is 1. The van der Waals surface area contributed by atoms with Crippen LogP contribution in [0.3, 0.4) is 0 Å². The first kappa shape index (κ1) is 17.4. The quantitative estimate of drug-likeness (QED) is 0.845. The average Bonchev–Trinajstić information content (AvgIpc) is 2.95. The van der Waals surface area contributed by atoms with Gasteiger partial charge in [0, 0.05) is 51.7 Å². The zero-order chi connectivity index (χ0) is 17.1. The molecular formula is C19H28FN3O. The monoisotopic (exact) mass is 333 g/mol. The van der Waals surface area contributed by atoms with Crippen LogP contribution in [0.2, 0.25) is 0 Å². The summed E-state index contributed by atoms with van der Waals surface area (Å²) in [6.07, 6.45) is 1.68. The summed E-state index contributed by atoms with van der Waals surface area (Å²) in [5, 5.41) is 0. The molecule has 5 heteroatoms. The highest BCUT2D eigenvalue weighted by Crippen LogP contribution is 2.31. The van der Waals surface area contributed by atoms with Crippen molar-refractivity contribution in [3.8, 4) is 0 Å². The van der Waals surface area contributed by atoms with Crippen LogP contribution < -0.4 is 0 Å². The predicted octanol–water partition coefficient (Wildman–Crippen LogP) is 2.17. The highest BCUT2D eigenvalue weighted by atomic mass is 19.1. The Morgan fingerprint density at radius 2 is 1.83 bits per heavy atom. The fraction of sp³-hybridized carbons (Fsp3) is 0.632. The van der Waals surface area contributed by atoms with E-state index in [1.54, 1.807) is 12.1 Å². The largest absolute Gasteiger partial charge is 0.340 e. The molecule has 1 amide bonds. The Bertz CT molecular complexity index is 554. The lowest BCUT2D eigenvalue weighted by Crippen LogP contribution is -2.47. The van der Waals surface area contributed by atoms with Crippen molar-refractivity contribution in [2.45, 2.75) is 31.7 Å². The molecule has 132 valence electrons. The summed E-state index contributed by atoms with van der Waals surface area (Å²) in [5.41, 5.74) is 1.20. The Morgan fingerprint density at radius 3 is 2.50 bits per heavy atom. The van der Waals surface area contributed by atoms with Crippen LogP contribution >= 0.6 is 0 Å². The number of nitrogens with zero attached hydrogens (tertiary/aromatic N) is 3. The van der Waals surface area contributed by atoms with Crippen LogP contribution in [0.1, 0.15) is 31.2 Å². The van der Waals surface area contributed by atoms with E-state index in [1.165, 1.54) is 5.56 Å². The molecule has 2 aliphatic rings. The van der Waals surface area contributed by atoms with Crippen molar-refractivity contribution in [2.75, 3.05) is 46.3 Å². The van der Waals surface area contributed by atoms with Gasteiger partial charge in [0.05, 0.1) is 0 Å². The molecule has 2 fully saturated rings. The topological polar surface area (TPSA) is 26.8 Å². The van der Waals surface area contributed by atoms with Crippen LogP contribution in [-0.2, 0) is 4.79 Å². The van der Waals surface area contributed by atoms with Crippen LogP contribution in [0, 0.1) is 5.82 Å². The zero-order valence-electron chi connectivity index (χ0n) is 14.7. The molecule has 0 radical (unpaired) electrons. The molecule has 0 saturated carbocycles. The number of likely N-dealkylation sites (N-methyl/N-ethyl adjacent to an activating group) is 1. The molecule has 1 aromatic rings. The van der Waals surface area contributed by atoms with Gasteiger partial charge in [-0.3, -0.25) is 9.69 Å². The zero-order valence-corrected chi connectivity index (χ0v) is 14.7. The average molecular weight is 333 g/mol. The Hall–Kier alpha value is -1.46. The van der Waals surface area contributed by atoms with Crippen molar-refractivity contribution in [1.29, 1.82) is 0 Å². The van der Waals surface area contributed by atoms with E-state index in [1.807, 2.05) is 17.0 Å². The molecule has 24 heavy (non-hydrogen) atoms. The first-order valence-corrected chi connectivity index (χ1v) is 8.99. The molecule has 2 heterocycles. The van der Waals surface area contributed by atoms with Crippen LogP contribution in [0.4, 0.5) is 4.39 Å². The molecule has 0 bridgehead atoms. The maximum Gasteiger partial charge on any atom is 0.223 e. The molecule has 0 aliphatic carbocycles. The Kier molecular flexibility index (Phi) is 5.51. The SMILES string of the molecule is C[C@H]1C[C@H](c2ccc(F)cc2)CN1CCC(=O)N1CCN(C)CC1. The van der Waals surface area contributed by atoms with Crippen LogP contribution in [0.25, 0.3) is 0 Å². The summed E-state index contributed by atoms with van der Waals surface area (Å²) in [7, 11) is 2.10. The standard InChI is InChI=1S/C19H28FN3O/c1-15-13-17(16-3-5-18(20)6-4-16)14-23(15)8-7-19(24)22-11-9-21(2)10-12-22/h3-6,15,17H,7-14H2,1-2H3/t15-,17-/m0/s1. The number of halogens is 1. The fourth-order valence-corrected chi connectivity index (χ4v) is 3.84. The number of carbonyl (C=O) groups is 1. The van der Waals surface area contributed by atoms with Gasteiger partial charge in [-0.15, -0.1) is 0 Å². The minimum atomic E-state index is -0.181. The number of likely N-dealkylation sites (tertiary alicyclic amines) is 1. The number of hydrogen-bond acceptors (Lipinski definition) is 3. The van der Waals surface area contributed by atoms with Crippen molar-refractivity contribution in [2.24, 2.45) is 0 Å². The van der Waals surface area contributed by atoms with Crippen LogP contribution in [0.5, 0.6) is 0 Å². The van der Waals surface area contributed by atoms with Gasteiger partial charge < -0.3 is 9.80 Å². The maximum atomic E-state index is 13.1. The van der Waals surface area contributed by atoms with E-state index in [4.69, 9.17) is 0 Å². The van der Waals surface area contributed by atoms with Gasteiger partial charge in [0.2, 0.25) is 5.91 Å². The van der Waals surface area contributed by atoms with Gasteiger partial charge in [0.15, 0.2) is 0 Å². The molecule has 0 spiro atoms. The first-order chi connectivity index (χ1) is 11.5. The molecule has 2 atom stereocenters. The van der Waals surface area contributed by atoms with Crippen molar-refractivity contribution >= 4 is 5.91 Å². The second-order valence-corrected chi connectivity index (χ2v) is 7.26. The van der Waals surface area contributed by atoms with Crippen LogP contribution in [-0.4, -0.2) is 73.0 Å². The molecule has 0 N–H and O–H groups in total. The third-order valence-corrected chi connectivity index (χ3v) is 5.51. The Morgan fingerprint density at radius 1 is 1.17 bits per heavy atom. The minimum Gasteiger partial charge on any atom is -0.340 e. The van der Waals surface area contributed by atoms with Gasteiger partial charge in [0.25, 0.3) is 0 Å². The van der Waals surface area contributed by atoms with Gasteiger partial charge in [-0.1, -0.05) is 12.1 Å². The summed E-state index contributed by atoms with van der Waals surface area (Å²) in [6, 6.07) is 7.34. The minimum absolute atomic E-state index is 0.181. The normalized spacial score (nSPS) is 26.0. The lowest BCUT2D eigenvalue weighted by Gasteiger charge is -2.33. The number of hydrogen-bond donors (Lipinski definition) is 0. The number of carbonyl (C=O) groups excluding carboxylic acids is 1. The van der Waals surface area contributed by atoms with E-state index in [0.717, 1.165) is 45.7 Å². The second kappa shape index (κ2) is 7.62. The van der Waals surface area contributed by atoms with Crippen molar-refractivity contribution in [3.05, 3.63) is 35.6 Å². The van der Waals surface area contributed by atoms with Crippen molar-refractivity contribution < 1.29 is 9.18 Å². The Labute approximate surface area is 144 Å². The van der Waals surface area contributed by atoms with Crippen molar-refractivity contribution in [3.63, 3.8) is 0 Å². The lowest BCUT2D eigenvalue weighted by atomic mass is 9.97. The number of benzene rings is 1. The third-order valence-electron chi connectivity index (χ3n) is 5.51. The Balaban J connectivity index is 1.49. The van der Waals surface area contributed by atoms with E-state index in [9.17, 15) is 9.18 Å². The molecule has 4 nitrogen and oxygen atoms in total. The molecule has 0 unspecified atom stereocenters. The molecular weight excluding hydrogens is 305 g/mol. The predicted molar refractivity (Wildman–Crippen MR) is 93.5 cm³/mol. The second-order valence-electron chi connectivity index (χ2n) is 7.26. The van der Waals surface area contributed by atoms with Gasteiger partial charge in [-0.2, -0.15) is 0 Å². The summed E-state index contributed by atoms with van der Waals surface area (Å²) < 4.78 is 13.1. The number of amides is 1. The fourth-order valence-electron chi connectivity index (χ4n) is 3.84. The molecule has 0 aromatic heterocycles. The molecule has 3 rings (SSSR count). The first-order valence-electron chi connectivity index (χ1n) is 8.99. The van der Waals surface area contributed by atoms with Gasteiger partial charge in [-0.25, -0.2) is 4.39 Å². The highest BCUT2D eigenvalue weighted by molar-refractivity contribution is 5.76. The van der Waals surface area contributed by atoms with E-state index in [-0.39, 0.29) is 11.7 Å². The van der Waals surface area contributed by atoms with Gasteiger partial charge in [0.1, 0.15) is 5.82 Å². The van der Waals surface area contributed by atoms with E-state index < -0.39 is 0 Å². The summed E-state index contributed by atoms with van der Waals surface area (Å²) in [6.45, 7) is 7.65. The third kappa shape index (κ3) is 4.14. The summed E-state index contributed by atoms with van der Waals surface area (Å²) in [5.74, 6) is 0.541. The van der Waals surface area contributed by atoms with E-state index >= 15 is 0 Å². The van der Waals surface area contributed by atoms with E-state index in [2.05, 4.69) is 23.8 Å². The maximum absolute atomic E-state index is 13.1. The summed E-state index contributed by atoms with van der Waals surface area (Å²) in [4.78, 5) is 19.1. The highest BCUT2D eigenvalue weighted by Gasteiger charge is 2.30. The lowest BCUT2D eigenvalue weighted by molar-refractivity contribution is -0.133. The van der Waals surface area contributed by atoms with E-state index in [0.29, 0.717) is 18.4 Å². The smallest absolute Gasteiger partial charge is 0.223 e. The molecule has 2 aliphatic heterocycles. The number of rotatable bonds is 4. The van der Waals surface area contributed by atoms with Gasteiger partial charge >= 0.3 is 0 Å².